The lowest BCUT2D eigenvalue weighted by molar-refractivity contribution is 0.474. The number of sulfone groups is 1. The third-order valence-electron chi connectivity index (χ3n) is 6.61. The maximum atomic E-state index is 13.1. The zero-order chi connectivity index (χ0) is 30.0. The minimum atomic E-state index is -3.79. The van der Waals surface area contributed by atoms with E-state index in [1.165, 1.54) is 48.5 Å². The topological polar surface area (TPSA) is 136 Å². The Morgan fingerprint density at radius 1 is 0.488 bits per heavy atom. The Hall–Kier alpha value is -5.03. The van der Waals surface area contributed by atoms with Crippen molar-refractivity contribution in [2.45, 2.75) is 19.6 Å². The number of rotatable bonds is 7. The molecule has 0 saturated heterocycles. The predicted octanol–water partition coefficient (Wildman–Crippen LogP) is 6.28. The van der Waals surface area contributed by atoms with Gasteiger partial charge in [-0.25, -0.2) is 23.4 Å². The molecular weight excluding hydrogens is 583 g/mol. The van der Waals surface area contributed by atoms with Gasteiger partial charge in [-0.05, 0) is 97.1 Å². The molecule has 6 aromatic rings. The molecule has 43 heavy (non-hydrogen) atoms. The molecule has 0 spiro atoms. The lowest BCUT2D eigenvalue weighted by atomic mass is 10.1. The smallest absolute Gasteiger partial charge is 0.206 e. The Kier molecular flexibility index (Phi) is 7.64. The summed E-state index contributed by atoms with van der Waals surface area (Å²) in [7, 11) is -3.79. The highest BCUT2D eigenvalue weighted by Gasteiger charge is 2.20. The van der Waals surface area contributed by atoms with Gasteiger partial charge in [-0.2, -0.15) is 0 Å². The van der Waals surface area contributed by atoms with Crippen LogP contribution in [0, 0.1) is 0 Å². The van der Waals surface area contributed by atoms with E-state index in [0.717, 1.165) is 5.56 Å². The molecule has 0 saturated carbocycles. The fourth-order valence-electron chi connectivity index (χ4n) is 4.33. The van der Waals surface area contributed by atoms with Crippen molar-refractivity contribution in [3.63, 3.8) is 0 Å². The first-order chi connectivity index (χ1) is 20.8. The van der Waals surface area contributed by atoms with Crippen molar-refractivity contribution in [2.75, 3.05) is 0 Å². The van der Waals surface area contributed by atoms with Gasteiger partial charge in [0.1, 0.15) is 11.5 Å². The number of phenolic OH excluding ortho intramolecular Hbond substituents is 2. The Morgan fingerprint density at radius 3 is 1.30 bits per heavy atom. The van der Waals surface area contributed by atoms with Gasteiger partial charge in [0, 0.05) is 27.9 Å². The molecule has 0 amide bonds. The van der Waals surface area contributed by atoms with Gasteiger partial charge in [0.15, 0.2) is 27.3 Å². The van der Waals surface area contributed by atoms with Crippen LogP contribution in [0.25, 0.3) is 34.2 Å². The van der Waals surface area contributed by atoms with Crippen LogP contribution in [0.3, 0.4) is 0 Å². The van der Waals surface area contributed by atoms with E-state index in [0.29, 0.717) is 38.4 Å². The minimum Gasteiger partial charge on any atom is -0.606 e. The zero-order valence-corrected chi connectivity index (χ0v) is 24.0. The molecule has 0 aliphatic carbocycles. The highest BCUT2D eigenvalue weighted by Crippen LogP contribution is 2.29. The summed E-state index contributed by atoms with van der Waals surface area (Å²) < 4.78 is 39.2. The Labute approximate surface area is 251 Å². The standard InChI is InChI=1S/C33H23N3O5S2/c37-25-10-16-28(17-11-25)42(39)27-14-6-23(7-15-27)32-34-31(22-4-2-1-3-5-22)35-33(36-32)24-8-18-29(19-9-24)43(40,41)30-20-12-26(38)13-21-30/h1-21,37-38H. The maximum Gasteiger partial charge on any atom is 0.206 e. The van der Waals surface area contributed by atoms with Crippen LogP contribution < -0.4 is 0 Å². The Bertz CT molecular complexity index is 1990. The van der Waals surface area contributed by atoms with Crippen LogP contribution in [0.5, 0.6) is 11.5 Å². The second-order valence-corrected chi connectivity index (χ2v) is 12.9. The highest BCUT2D eigenvalue weighted by molar-refractivity contribution is 7.91. The number of nitrogens with zero attached hydrogens (tertiary/aromatic N) is 3. The second kappa shape index (κ2) is 11.7. The van der Waals surface area contributed by atoms with Crippen LogP contribution in [-0.4, -0.2) is 38.1 Å². The first-order valence-corrected chi connectivity index (χ1v) is 15.7. The molecule has 0 aliphatic rings. The highest BCUT2D eigenvalue weighted by atomic mass is 32.2. The molecule has 1 unspecified atom stereocenters. The molecule has 10 heteroatoms. The summed E-state index contributed by atoms with van der Waals surface area (Å²) in [6.45, 7) is 0. The molecule has 2 N–H and O–H groups in total. The first kappa shape index (κ1) is 28.1. The minimum absolute atomic E-state index is 0.0191. The molecule has 1 heterocycles. The monoisotopic (exact) mass is 605 g/mol. The molecule has 1 atom stereocenters. The number of benzene rings is 5. The van der Waals surface area contributed by atoms with Gasteiger partial charge in [-0.15, -0.1) is 0 Å². The summed E-state index contributed by atoms with van der Waals surface area (Å²) >= 11 is -1.44. The third-order valence-corrected chi connectivity index (χ3v) is 9.80. The molecular formula is C33H23N3O5S2. The largest absolute Gasteiger partial charge is 0.606 e. The quantitative estimate of drug-likeness (QED) is 0.203. The lowest BCUT2D eigenvalue weighted by Gasteiger charge is -2.11. The van der Waals surface area contributed by atoms with Crippen LogP contribution in [0.2, 0.25) is 0 Å². The van der Waals surface area contributed by atoms with Gasteiger partial charge < -0.3 is 14.8 Å². The van der Waals surface area contributed by atoms with Crippen molar-refractivity contribution < 1.29 is 23.2 Å². The van der Waals surface area contributed by atoms with Crippen molar-refractivity contribution in [1.82, 2.24) is 15.0 Å². The number of hydrogen-bond acceptors (Lipinski definition) is 8. The fourth-order valence-corrected chi connectivity index (χ4v) is 6.63. The normalized spacial score (nSPS) is 12.1. The first-order valence-electron chi connectivity index (χ1n) is 13.1. The van der Waals surface area contributed by atoms with Crippen molar-refractivity contribution >= 4 is 21.0 Å². The van der Waals surface area contributed by atoms with Gasteiger partial charge in [0.25, 0.3) is 0 Å². The second-order valence-electron chi connectivity index (χ2n) is 9.48. The van der Waals surface area contributed by atoms with Crippen LogP contribution >= 0.6 is 0 Å². The van der Waals surface area contributed by atoms with Crippen LogP contribution in [0.1, 0.15) is 0 Å². The number of aromatic hydroxyl groups is 2. The summed E-state index contributed by atoms with van der Waals surface area (Å²) in [4.78, 5) is 15.4. The summed E-state index contributed by atoms with van der Waals surface area (Å²) in [5.74, 6) is 1.28. The summed E-state index contributed by atoms with van der Waals surface area (Å²) in [6, 6.07) is 34.4. The van der Waals surface area contributed by atoms with Gasteiger partial charge in [-0.3, -0.25) is 0 Å². The van der Waals surface area contributed by atoms with Crippen molar-refractivity contribution in [3.8, 4) is 45.7 Å². The maximum absolute atomic E-state index is 13.1. The average Bonchev–Trinajstić information content (AvgIpc) is 3.05. The van der Waals surface area contributed by atoms with Gasteiger partial charge in [0.2, 0.25) is 9.84 Å². The molecule has 212 valence electrons. The van der Waals surface area contributed by atoms with Crippen LogP contribution in [0.4, 0.5) is 0 Å². The summed E-state index contributed by atoms with van der Waals surface area (Å²) in [5.41, 5.74) is 2.05. The molecule has 0 radical (unpaired) electrons. The van der Waals surface area contributed by atoms with E-state index in [2.05, 4.69) is 4.98 Å². The molecule has 0 aliphatic heterocycles. The Balaban J connectivity index is 1.36. The molecule has 5 aromatic carbocycles. The number of phenols is 2. The molecule has 8 nitrogen and oxygen atoms in total. The molecule has 6 rings (SSSR count). The van der Waals surface area contributed by atoms with Crippen LogP contribution in [0.15, 0.2) is 147 Å². The zero-order valence-electron chi connectivity index (χ0n) is 22.4. The van der Waals surface area contributed by atoms with Gasteiger partial charge in [-0.1, -0.05) is 30.3 Å². The van der Waals surface area contributed by atoms with Crippen molar-refractivity contribution in [1.29, 1.82) is 0 Å². The van der Waals surface area contributed by atoms with Gasteiger partial charge >= 0.3 is 0 Å². The summed E-state index contributed by atoms with van der Waals surface area (Å²) in [5, 5.41) is 19.1. The van der Waals surface area contributed by atoms with E-state index < -0.39 is 21.0 Å². The number of hydrogen-bond donors (Lipinski definition) is 2. The molecule has 1 aromatic heterocycles. The predicted molar refractivity (Wildman–Crippen MR) is 162 cm³/mol. The number of aromatic nitrogens is 3. The van der Waals surface area contributed by atoms with E-state index in [4.69, 9.17) is 9.97 Å². The summed E-state index contributed by atoms with van der Waals surface area (Å²) in [6.07, 6.45) is 0. The van der Waals surface area contributed by atoms with E-state index in [1.54, 1.807) is 48.5 Å². The third kappa shape index (κ3) is 5.98. The van der Waals surface area contributed by atoms with Crippen molar-refractivity contribution in [3.05, 3.63) is 127 Å². The molecule has 0 bridgehead atoms. The Morgan fingerprint density at radius 2 is 0.837 bits per heavy atom. The lowest BCUT2D eigenvalue weighted by Crippen LogP contribution is -2.03. The van der Waals surface area contributed by atoms with E-state index in [9.17, 15) is 23.2 Å². The average molecular weight is 606 g/mol. The van der Waals surface area contributed by atoms with E-state index >= 15 is 0 Å². The van der Waals surface area contributed by atoms with Crippen molar-refractivity contribution in [2.24, 2.45) is 0 Å². The van der Waals surface area contributed by atoms with E-state index in [1.807, 2.05) is 30.3 Å². The SMILES string of the molecule is O=S(=O)(c1ccc(O)cc1)c1ccc(-c2nc(-c3ccccc3)nc(-c3ccc([S+]([O-])c4ccc(O)cc4)cc3)n2)cc1. The van der Waals surface area contributed by atoms with Gasteiger partial charge in [0.05, 0.1) is 9.79 Å². The molecule has 0 fully saturated rings. The fraction of sp³-hybridized carbons (Fsp3) is 0. The van der Waals surface area contributed by atoms with Crippen LogP contribution in [-0.2, 0) is 21.0 Å². The van der Waals surface area contributed by atoms with E-state index in [-0.39, 0.29) is 21.3 Å².